The van der Waals surface area contributed by atoms with Gasteiger partial charge in [-0.25, -0.2) is 19.1 Å². The van der Waals surface area contributed by atoms with Crippen LogP contribution in [0.3, 0.4) is 0 Å². The van der Waals surface area contributed by atoms with E-state index in [1.807, 2.05) is 0 Å². The van der Waals surface area contributed by atoms with E-state index in [-0.39, 0.29) is 27.5 Å². The first kappa shape index (κ1) is 39.0. The van der Waals surface area contributed by atoms with Crippen molar-refractivity contribution in [3.8, 4) is 17.3 Å². The van der Waals surface area contributed by atoms with E-state index in [9.17, 15) is 4.79 Å². The SMILES string of the molecule is [C-]#[N+]c1c(CC2C(C(C)(C)C)CC(C)CC2C(C)(C)C)c2nc(-c3cc(C(C)(C)C)cc(C(C)(C)C)c3)[nH]n2c1OC(=O)N(CC=C)CC=C. The van der Waals surface area contributed by atoms with E-state index in [1.54, 1.807) is 16.7 Å². The van der Waals surface area contributed by atoms with Crippen molar-refractivity contribution in [2.45, 2.75) is 120 Å². The third-order valence-corrected chi connectivity index (χ3v) is 10.8. The maximum absolute atomic E-state index is 13.7. The number of aromatic nitrogens is 3. The molecule has 2 aromatic heterocycles. The quantitative estimate of drug-likeness (QED) is 0.190. The molecule has 0 radical (unpaired) electrons. The number of carbonyl (C=O) groups is 1. The highest BCUT2D eigenvalue weighted by atomic mass is 16.6. The van der Waals surface area contributed by atoms with E-state index in [1.165, 1.54) is 16.0 Å². The van der Waals surface area contributed by atoms with Gasteiger partial charge in [0.25, 0.3) is 5.69 Å². The first-order valence-electron chi connectivity index (χ1n) is 18.4. The molecule has 1 aliphatic carbocycles. The number of ether oxygens (including phenoxy) is 1. The topological polar surface area (TPSA) is 67.0 Å². The number of H-pyrrole nitrogens is 1. The zero-order valence-corrected chi connectivity index (χ0v) is 33.3. The fourth-order valence-electron chi connectivity index (χ4n) is 7.97. The molecule has 2 heterocycles. The molecule has 0 spiro atoms. The standard InChI is InChI=1S/C43H63N5O2/c1-17-19-47(20-18-2)39(49)50-38-35(44-16)32(26-31-33(42(10,11)12)21-27(3)22-34(31)43(13,14)15)37-45-36(46-48(37)38)28-23-29(40(4,5)6)25-30(24-28)41(7,8)9/h17-18,23-25,27,31,33-34H,1-2,19-22,26H2,3-15H3,(H,45,46). The number of aromatic amines is 1. The van der Waals surface area contributed by atoms with Crippen molar-refractivity contribution in [3.63, 3.8) is 0 Å². The van der Waals surface area contributed by atoms with Crippen LogP contribution < -0.4 is 4.74 Å². The number of nitrogens with zero attached hydrogens (tertiary/aromatic N) is 4. The summed E-state index contributed by atoms with van der Waals surface area (Å²) in [5, 5.41) is 3.49. The molecular weight excluding hydrogens is 619 g/mol. The molecule has 7 nitrogen and oxygen atoms in total. The zero-order chi connectivity index (χ0) is 37.6. The zero-order valence-electron chi connectivity index (χ0n) is 33.3. The van der Waals surface area contributed by atoms with E-state index in [4.69, 9.17) is 16.3 Å². The number of hydrogen-bond acceptors (Lipinski definition) is 3. The highest BCUT2D eigenvalue weighted by Crippen LogP contribution is 2.54. The minimum atomic E-state index is -0.562. The third-order valence-electron chi connectivity index (χ3n) is 10.8. The van der Waals surface area contributed by atoms with Gasteiger partial charge in [-0.15, -0.1) is 13.2 Å². The predicted octanol–water partition coefficient (Wildman–Crippen LogP) is 11.6. The summed E-state index contributed by atoms with van der Waals surface area (Å²) in [5.41, 5.74) is 5.25. The molecule has 0 saturated heterocycles. The van der Waals surface area contributed by atoms with Crippen LogP contribution in [0.25, 0.3) is 21.9 Å². The molecule has 1 aliphatic rings. The summed E-state index contributed by atoms with van der Waals surface area (Å²) in [6.45, 7) is 46.6. The molecule has 4 rings (SSSR count). The lowest BCUT2D eigenvalue weighted by molar-refractivity contribution is -0.0136. The number of benzene rings is 1. The maximum Gasteiger partial charge on any atom is 0.416 e. The molecule has 1 saturated carbocycles. The average Bonchev–Trinajstić information content (AvgIpc) is 3.53. The Balaban J connectivity index is 2.01. The second-order valence-corrected chi connectivity index (χ2v) is 19.0. The van der Waals surface area contributed by atoms with Crippen LogP contribution in [0.5, 0.6) is 5.88 Å². The van der Waals surface area contributed by atoms with Crippen molar-refractivity contribution in [2.75, 3.05) is 13.1 Å². The summed E-state index contributed by atoms with van der Waals surface area (Å²) in [6.07, 6.45) is 5.72. The summed E-state index contributed by atoms with van der Waals surface area (Å²) >= 11 is 0. The van der Waals surface area contributed by atoms with Gasteiger partial charge >= 0.3 is 6.09 Å². The van der Waals surface area contributed by atoms with Gasteiger partial charge in [-0.2, -0.15) is 0 Å². The minimum Gasteiger partial charge on any atom is -0.402 e. The lowest BCUT2D eigenvalue weighted by Crippen LogP contribution is -2.44. The van der Waals surface area contributed by atoms with Gasteiger partial charge in [-0.1, -0.05) is 108 Å². The van der Waals surface area contributed by atoms with Crippen molar-refractivity contribution < 1.29 is 9.53 Å². The minimum absolute atomic E-state index is 0.0740. The Hall–Kier alpha value is -3.79. The number of hydrogen-bond donors (Lipinski definition) is 1. The van der Waals surface area contributed by atoms with Gasteiger partial charge in [0.1, 0.15) is 5.65 Å². The summed E-state index contributed by atoms with van der Waals surface area (Å²) in [5.74, 6) is 2.69. The molecule has 2 unspecified atom stereocenters. The van der Waals surface area contributed by atoms with Crippen LogP contribution in [-0.2, 0) is 17.3 Å². The van der Waals surface area contributed by atoms with Crippen molar-refractivity contribution in [1.29, 1.82) is 0 Å². The molecule has 1 N–H and O–H groups in total. The smallest absolute Gasteiger partial charge is 0.402 e. The Morgan fingerprint density at radius 3 is 1.86 bits per heavy atom. The number of nitrogens with one attached hydrogen (secondary N) is 1. The van der Waals surface area contributed by atoms with Crippen molar-refractivity contribution >= 4 is 17.4 Å². The predicted molar refractivity (Wildman–Crippen MR) is 208 cm³/mol. The van der Waals surface area contributed by atoms with E-state index < -0.39 is 6.09 Å². The van der Waals surface area contributed by atoms with Crippen LogP contribution in [0, 0.1) is 41.1 Å². The Morgan fingerprint density at radius 1 is 0.940 bits per heavy atom. The number of fused-ring (bicyclic) bond motifs is 1. The monoisotopic (exact) mass is 681 g/mol. The second-order valence-electron chi connectivity index (χ2n) is 19.0. The molecular formula is C43H63N5O2. The van der Waals surface area contributed by atoms with Crippen molar-refractivity contribution in [2.24, 2.45) is 34.5 Å². The van der Waals surface area contributed by atoms with Gasteiger partial charge in [0.15, 0.2) is 5.82 Å². The van der Waals surface area contributed by atoms with Gasteiger partial charge in [0, 0.05) is 24.2 Å². The summed E-state index contributed by atoms with van der Waals surface area (Å²) in [6, 6.07) is 6.71. The van der Waals surface area contributed by atoms with Crippen LogP contribution in [0.1, 0.15) is 120 Å². The van der Waals surface area contributed by atoms with Crippen LogP contribution >= 0.6 is 0 Å². The highest BCUT2D eigenvalue weighted by molar-refractivity contribution is 5.80. The Bertz CT molecular complexity index is 1690. The van der Waals surface area contributed by atoms with Crippen LogP contribution in [0.4, 0.5) is 10.5 Å². The summed E-state index contributed by atoms with van der Waals surface area (Å²) in [7, 11) is 0. The maximum atomic E-state index is 13.7. The normalized spacial score (nSPS) is 20.4. The summed E-state index contributed by atoms with van der Waals surface area (Å²) in [4.78, 5) is 24.5. The largest absolute Gasteiger partial charge is 0.416 e. The van der Waals surface area contributed by atoms with Crippen molar-refractivity contribution in [1.82, 2.24) is 19.5 Å². The highest BCUT2D eigenvalue weighted by Gasteiger charge is 2.46. The van der Waals surface area contributed by atoms with Crippen LogP contribution in [-0.4, -0.2) is 38.7 Å². The van der Waals surface area contributed by atoms with Gasteiger partial charge < -0.3 is 9.64 Å². The van der Waals surface area contributed by atoms with E-state index in [2.05, 4.69) is 131 Å². The molecule has 50 heavy (non-hydrogen) atoms. The summed E-state index contributed by atoms with van der Waals surface area (Å²) < 4.78 is 7.90. The molecule has 1 amide bonds. The fraction of sp³-hybridized carbons (Fsp3) is 0.605. The molecule has 1 fully saturated rings. The second kappa shape index (κ2) is 14.1. The van der Waals surface area contributed by atoms with Crippen molar-refractivity contribution in [3.05, 3.63) is 71.6 Å². The van der Waals surface area contributed by atoms with E-state index >= 15 is 0 Å². The van der Waals surface area contributed by atoms with Gasteiger partial charge in [-0.05, 0) is 87.9 Å². The first-order chi connectivity index (χ1) is 23.0. The molecule has 7 heteroatoms. The number of rotatable bonds is 8. The average molecular weight is 682 g/mol. The van der Waals surface area contributed by atoms with Gasteiger partial charge in [0.05, 0.1) is 6.57 Å². The van der Waals surface area contributed by atoms with Crippen LogP contribution in [0.2, 0.25) is 0 Å². The fourth-order valence-corrected chi connectivity index (χ4v) is 7.97. The Labute approximate surface area is 302 Å². The Morgan fingerprint density at radius 2 is 1.44 bits per heavy atom. The van der Waals surface area contributed by atoms with Gasteiger partial charge in [-0.3, -0.25) is 5.10 Å². The molecule has 3 aromatic rings. The number of carbonyl (C=O) groups excluding carboxylic acids is 1. The van der Waals surface area contributed by atoms with E-state index in [0.717, 1.165) is 24.0 Å². The Kier molecular flexibility index (Phi) is 11.0. The van der Waals surface area contributed by atoms with Gasteiger partial charge in [0.2, 0.25) is 5.88 Å². The molecule has 272 valence electrons. The van der Waals surface area contributed by atoms with E-state index in [0.29, 0.717) is 60.3 Å². The third kappa shape index (κ3) is 8.22. The molecule has 1 aromatic carbocycles. The lowest BCUT2D eigenvalue weighted by Gasteiger charge is -2.51. The molecule has 0 aliphatic heterocycles. The lowest BCUT2D eigenvalue weighted by atomic mass is 9.54. The molecule has 2 atom stereocenters. The molecule has 0 bridgehead atoms. The number of amides is 1. The van der Waals surface area contributed by atoms with Crippen LogP contribution in [0.15, 0.2) is 43.5 Å². The first-order valence-corrected chi connectivity index (χ1v) is 18.4.